The van der Waals surface area contributed by atoms with E-state index in [0.717, 1.165) is 37.2 Å². The van der Waals surface area contributed by atoms with Crippen LogP contribution in [0.4, 0.5) is 4.39 Å². The van der Waals surface area contributed by atoms with Gasteiger partial charge in [-0.05, 0) is 34.5 Å². The van der Waals surface area contributed by atoms with Gasteiger partial charge in [0.15, 0.2) is 0 Å². The second-order valence-corrected chi connectivity index (χ2v) is 7.69. The van der Waals surface area contributed by atoms with Crippen molar-refractivity contribution >= 4 is 32.9 Å². The molecular formula is C22H21BrFN3. The molecule has 0 saturated carbocycles. The maximum absolute atomic E-state index is 13.8. The molecule has 5 heteroatoms. The first kappa shape index (κ1) is 18.1. The monoisotopic (exact) mass is 425 g/mol. The molecule has 0 N–H and O–H groups in total. The van der Waals surface area contributed by atoms with Crippen LogP contribution in [-0.4, -0.2) is 42.3 Å². The van der Waals surface area contributed by atoms with E-state index >= 15 is 0 Å². The lowest BCUT2D eigenvalue weighted by molar-refractivity contribution is 0.131. The second-order valence-electron chi connectivity index (χ2n) is 6.78. The van der Waals surface area contributed by atoms with Gasteiger partial charge in [0.1, 0.15) is 5.82 Å². The van der Waals surface area contributed by atoms with Crippen LogP contribution >= 0.6 is 15.9 Å². The Morgan fingerprint density at radius 3 is 2.59 bits per heavy atom. The van der Waals surface area contributed by atoms with Crippen LogP contribution < -0.4 is 0 Å². The Bertz CT molecular complexity index is 959. The molecule has 0 aromatic heterocycles. The van der Waals surface area contributed by atoms with E-state index in [1.54, 1.807) is 18.3 Å². The summed E-state index contributed by atoms with van der Waals surface area (Å²) in [5.74, 6) is -0.253. The van der Waals surface area contributed by atoms with Crippen molar-refractivity contribution in [2.24, 2.45) is 5.10 Å². The fourth-order valence-corrected chi connectivity index (χ4v) is 3.82. The quantitative estimate of drug-likeness (QED) is 0.553. The van der Waals surface area contributed by atoms with Gasteiger partial charge in [-0.25, -0.2) is 4.39 Å². The lowest BCUT2D eigenvalue weighted by atomic mass is 10.0. The van der Waals surface area contributed by atoms with Crippen molar-refractivity contribution in [2.75, 3.05) is 26.2 Å². The summed E-state index contributed by atoms with van der Waals surface area (Å²) in [7, 11) is 0. The predicted molar refractivity (Wildman–Crippen MR) is 112 cm³/mol. The van der Waals surface area contributed by atoms with Gasteiger partial charge in [-0.1, -0.05) is 58.4 Å². The topological polar surface area (TPSA) is 18.8 Å². The van der Waals surface area contributed by atoms with Crippen molar-refractivity contribution in [3.8, 4) is 0 Å². The molecule has 0 radical (unpaired) electrons. The van der Waals surface area contributed by atoms with Crippen LogP contribution in [-0.2, 0) is 6.54 Å². The average molecular weight is 426 g/mol. The fourth-order valence-electron chi connectivity index (χ4n) is 3.44. The Balaban J connectivity index is 1.37. The highest BCUT2D eigenvalue weighted by molar-refractivity contribution is 9.10. The predicted octanol–water partition coefficient (Wildman–Crippen LogP) is 4.89. The molecule has 27 heavy (non-hydrogen) atoms. The lowest BCUT2D eigenvalue weighted by Gasteiger charge is -2.33. The number of hydrazone groups is 1. The number of benzene rings is 3. The molecular weight excluding hydrogens is 405 g/mol. The van der Waals surface area contributed by atoms with E-state index < -0.39 is 0 Å². The molecule has 3 aromatic rings. The van der Waals surface area contributed by atoms with E-state index in [1.165, 1.54) is 22.4 Å². The molecule has 1 heterocycles. The smallest absolute Gasteiger partial charge is 0.132 e. The summed E-state index contributed by atoms with van der Waals surface area (Å²) < 4.78 is 14.7. The highest BCUT2D eigenvalue weighted by Crippen LogP contribution is 2.20. The average Bonchev–Trinajstić information content (AvgIpc) is 2.70. The third-order valence-electron chi connectivity index (χ3n) is 4.94. The number of hydrogen-bond donors (Lipinski definition) is 0. The van der Waals surface area contributed by atoms with Gasteiger partial charge in [0.2, 0.25) is 0 Å². The van der Waals surface area contributed by atoms with Crippen LogP contribution in [0.1, 0.15) is 11.1 Å². The molecule has 138 valence electrons. The first-order chi connectivity index (χ1) is 13.2. The highest BCUT2D eigenvalue weighted by Gasteiger charge is 2.16. The molecule has 0 spiro atoms. The second kappa shape index (κ2) is 8.19. The van der Waals surface area contributed by atoms with Crippen molar-refractivity contribution in [1.29, 1.82) is 0 Å². The number of halogens is 2. The lowest BCUT2D eigenvalue weighted by Crippen LogP contribution is -2.43. The Kier molecular flexibility index (Phi) is 5.50. The van der Waals surface area contributed by atoms with E-state index in [2.05, 4.69) is 68.4 Å². The van der Waals surface area contributed by atoms with Crippen LogP contribution in [0.25, 0.3) is 10.8 Å². The fraction of sp³-hybridized carbons (Fsp3) is 0.227. The van der Waals surface area contributed by atoms with Crippen molar-refractivity contribution in [3.63, 3.8) is 0 Å². The molecule has 1 aliphatic rings. The number of rotatable bonds is 4. The van der Waals surface area contributed by atoms with Gasteiger partial charge in [-0.2, -0.15) is 5.10 Å². The molecule has 0 aliphatic carbocycles. The minimum atomic E-state index is -0.253. The molecule has 0 amide bonds. The number of piperazine rings is 1. The summed E-state index contributed by atoms with van der Waals surface area (Å²) in [4.78, 5) is 2.45. The molecule has 1 aliphatic heterocycles. The van der Waals surface area contributed by atoms with Crippen molar-refractivity contribution in [1.82, 2.24) is 9.91 Å². The van der Waals surface area contributed by atoms with Crippen LogP contribution in [0.3, 0.4) is 0 Å². The van der Waals surface area contributed by atoms with Crippen molar-refractivity contribution in [3.05, 3.63) is 82.1 Å². The maximum atomic E-state index is 13.8. The molecule has 3 aromatic carbocycles. The summed E-state index contributed by atoms with van der Waals surface area (Å²) in [6.07, 6.45) is 1.61. The van der Waals surface area contributed by atoms with Gasteiger partial charge in [0.05, 0.1) is 6.21 Å². The molecule has 0 bridgehead atoms. The van der Waals surface area contributed by atoms with Crippen molar-refractivity contribution in [2.45, 2.75) is 6.54 Å². The molecule has 4 rings (SSSR count). The number of hydrogen-bond acceptors (Lipinski definition) is 3. The van der Waals surface area contributed by atoms with Gasteiger partial charge in [-0.15, -0.1) is 0 Å². The van der Waals surface area contributed by atoms with E-state index in [-0.39, 0.29) is 5.82 Å². The Labute approximate surface area is 167 Å². The van der Waals surface area contributed by atoms with Gasteiger partial charge >= 0.3 is 0 Å². The van der Waals surface area contributed by atoms with Crippen molar-refractivity contribution < 1.29 is 4.39 Å². The standard InChI is InChI=1S/C22H21BrFN3/c23-20-8-9-22(24)19(14-20)15-25-27-12-10-26(11-13-27)16-18-6-3-5-17-4-1-2-7-21(17)18/h1-9,14-15H,10-13,16H2. The Hall–Kier alpha value is -2.24. The Morgan fingerprint density at radius 2 is 1.74 bits per heavy atom. The molecule has 0 unspecified atom stereocenters. The summed E-state index contributed by atoms with van der Waals surface area (Å²) in [5.41, 5.74) is 1.86. The molecule has 1 fully saturated rings. The molecule has 3 nitrogen and oxygen atoms in total. The van der Waals surface area contributed by atoms with Gasteiger partial charge < -0.3 is 0 Å². The molecule has 1 saturated heterocycles. The largest absolute Gasteiger partial charge is 0.295 e. The van der Waals surface area contributed by atoms with Crippen LogP contribution in [0.5, 0.6) is 0 Å². The summed E-state index contributed by atoms with van der Waals surface area (Å²) >= 11 is 3.37. The van der Waals surface area contributed by atoms with Gasteiger partial charge in [0.25, 0.3) is 0 Å². The third-order valence-corrected chi connectivity index (χ3v) is 5.43. The minimum absolute atomic E-state index is 0.253. The van der Waals surface area contributed by atoms with Gasteiger partial charge in [-0.3, -0.25) is 9.91 Å². The zero-order valence-corrected chi connectivity index (χ0v) is 16.6. The van der Waals surface area contributed by atoms with Crippen LogP contribution in [0, 0.1) is 5.82 Å². The van der Waals surface area contributed by atoms with E-state index in [1.807, 2.05) is 5.01 Å². The van der Waals surface area contributed by atoms with Crippen LogP contribution in [0.2, 0.25) is 0 Å². The van der Waals surface area contributed by atoms with E-state index in [4.69, 9.17) is 0 Å². The maximum Gasteiger partial charge on any atom is 0.132 e. The molecule has 0 atom stereocenters. The summed E-state index contributed by atoms with van der Waals surface area (Å²) in [6, 6.07) is 19.9. The minimum Gasteiger partial charge on any atom is -0.295 e. The third kappa shape index (κ3) is 4.37. The van der Waals surface area contributed by atoms with E-state index in [0.29, 0.717) is 5.56 Å². The van der Waals surface area contributed by atoms with Crippen LogP contribution in [0.15, 0.2) is 70.2 Å². The Morgan fingerprint density at radius 1 is 0.963 bits per heavy atom. The number of fused-ring (bicyclic) bond motifs is 1. The zero-order chi connectivity index (χ0) is 18.6. The normalized spacial score (nSPS) is 15.7. The first-order valence-electron chi connectivity index (χ1n) is 9.12. The highest BCUT2D eigenvalue weighted by atomic mass is 79.9. The van der Waals surface area contributed by atoms with Gasteiger partial charge in [0, 0.05) is 42.8 Å². The summed E-state index contributed by atoms with van der Waals surface area (Å²) in [6.45, 7) is 4.52. The first-order valence-corrected chi connectivity index (χ1v) is 9.91. The SMILES string of the molecule is Fc1ccc(Br)cc1C=NN1CCN(Cc2cccc3ccccc23)CC1. The zero-order valence-electron chi connectivity index (χ0n) is 15.0. The number of nitrogens with zero attached hydrogens (tertiary/aromatic N) is 3. The summed E-state index contributed by atoms with van der Waals surface area (Å²) in [5, 5.41) is 9.09. The van der Waals surface area contributed by atoms with E-state index in [9.17, 15) is 4.39 Å².